The van der Waals surface area contributed by atoms with Crippen LogP contribution in [0.5, 0.6) is 0 Å². The van der Waals surface area contributed by atoms with Crippen LogP contribution >= 0.6 is 0 Å². The van der Waals surface area contributed by atoms with Gasteiger partial charge in [0.05, 0.1) is 5.52 Å². The van der Waals surface area contributed by atoms with E-state index in [2.05, 4.69) is 36.2 Å². The second-order valence-electron chi connectivity index (χ2n) is 4.20. The topological polar surface area (TPSA) is 12.9 Å². The summed E-state index contributed by atoms with van der Waals surface area (Å²) in [6, 6.07) is 8.73. The van der Waals surface area contributed by atoms with Crippen LogP contribution in [-0.4, -0.2) is 4.98 Å². The first-order valence-corrected chi connectivity index (χ1v) is 5.20. The molecule has 0 bridgehead atoms. The molecule has 1 saturated carbocycles. The van der Waals surface area contributed by atoms with Crippen LogP contribution in [0.2, 0.25) is 0 Å². The lowest BCUT2D eigenvalue weighted by Crippen LogP contribution is -1.86. The third-order valence-corrected chi connectivity index (χ3v) is 2.91. The number of pyridine rings is 1. The molecule has 1 aromatic heterocycles. The molecule has 14 heavy (non-hydrogen) atoms. The molecule has 0 N–H and O–H groups in total. The van der Waals surface area contributed by atoms with Gasteiger partial charge in [-0.15, -0.1) is 0 Å². The van der Waals surface area contributed by atoms with Gasteiger partial charge >= 0.3 is 0 Å². The van der Waals surface area contributed by atoms with E-state index in [9.17, 15) is 0 Å². The molecular formula is C13H13N. The minimum atomic E-state index is 0.808. The number of nitrogens with zero attached hydrogens (tertiary/aromatic N) is 1. The van der Waals surface area contributed by atoms with E-state index >= 15 is 0 Å². The SMILES string of the molecule is Cc1cnc2cccc(C3CC3)c2c1. The highest BCUT2D eigenvalue weighted by molar-refractivity contribution is 5.83. The quantitative estimate of drug-likeness (QED) is 0.660. The van der Waals surface area contributed by atoms with Gasteiger partial charge in [-0.2, -0.15) is 0 Å². The lowest BCUT2D eigenvalue weighted by Gasteiger charge is -2.04. The highest BCUT2D eigenvalue weighted by Crippen LogP contribution is 2.42. The Morgan fingerprint density at radius 3 is 2.93 bits per heavy atom. The molecule has 0 radical (unpaired) electrons. The summed E-state index contributed by atoms with van der Waals surface area (Å²) in [7, 11) is 0. The van der Waals surface area contributed by atoms with Crippen molar-refractivity contribution in [2.75, 3.05) is 0 Å². The zero-order valence-electron chi connectivity index (χ0n) is 8.33. The number of aromatic nitrogens is 1. The number of benzene rings is 1. The van der Waals surface area contributed by atoms with E-state index < -0.39 is 0 Å². The molecule has 2 aromatic rings. The highest BCUT2D eigenvalue weighted by Gasteiger charge is 2.25. The normalized spacial score (nSPS) is 16.1. The molecular weight excluding hydrogens is 170 g/mol. The van der Waals surface area contributed by atoms with Crippen molar-refractivity contribution in [3.63, 3.8) is 0 Å². The van der Waals surface area contributed by atoms with Gasteiger partial charge in [-0.1, -0.05) is 12.1 Å². The van der Waals surface area contributed by atoms with E-state index in [1.165, 1.54) is 29.4 Å². The largest absolute Gasteiger partial charge is 0.256 e. The Bertz CT molecular complexity index is 484. The van der Waals surface area contributed by atoms with Crippen molar-refractivity contribution in [1.82, 2.24) is 4.98 Å². The third kappa shape index (κ3) is 1.20. The van der Waals surface area contributed by atoms with Crippen LogP contribution in [-0.2, 0) is 0 Å². The summed E-state index contributed by atoms with van der Waals surface area (Å²) in [5.41, 5.74) is 3.89. The first kappa shape index (κ1) is 7.98. The molecule has 0 saturated heterocycles. The number of hydrogen-bond donors (Lipinski definition) is 0. The molecule has 1 fully saturated rings. The van der Waals surface area contributed by atoms with Crippen LogP contribution in [0, 0.1) is 6.92 Å². The maximum Gasteiger partial charge on any atom is 0.0705 e. The summed E-state index contributed by atoms with van der Waals surface area (Å²) < 4.78 is 0. The van der Waals surface area contributed by atoms with E-state index in [0.29, 0.717) is 0 Å². The zero-order valence-corrected chi connectivity index (χ0v) is 8.33. The lowest BCUT2D eigenvalue weighted by atomic mass is 10.0. The molecule has 1 heteroatoms. The molecule has 1 aliphatic rings. The van der Waals surface area contributed by atoms with Crippen molar-refractivity contribution < 1.29 is 0 Å². The molecule has 0 spiro atoms. The van der Waals surface area contributed by atoms with Crippen molar-refractivity contribution in [3.8, 4) is 0 Å². The van der Waals surface area contributed by atoms with Crippen LogP contribution in [0.15, 0.2) is 30.5 Å². The molecule has 1 heterocycles. The predicted molar refractivity (Wildman–Crippen MR) is 58.5 cm³/mol. The number of aryl methyl sites for hydroxylation is 1. The van der Waals surface area contributed by atoms with Crippen molar-refractivity contribution in [1.29, 1.82) is 0 Å². The molecule has 1 aromatic carbocycles. The van der Waals surface area contributed by atoms with Gasteiger partial charge < -0.3 is 0 Å². The molecule has 1 nitrogen and oxygen atoms in total. The van der Waals surface area contributed by atoms with Gasteiger partial charge in [-0.05, 0) is 48.9 Å². The Hall–Kier alpha value is -1.37. The van der Waals surface area contributed by atoms with Gasteiger partial charge in [0.1, 0.15) is 0 Å². The van der Waals surface area contributed by atoms with Gasteiger partial charge in [-0.25, -0.2) is 0 Å². The van der Waals surface area contributed by atoms with E-state index in [-0.39, 0.29) is 0 Å². The minimum absolute atomic E-state index is 0.808. The molecule has 0 atom stereocenters. The van der Waals surface area contributed by atoms with E-state index in [0.717, 1.165) is 11.4 Å². The fraction of sp³-hybridized carbons (Fsp3) is 0.308. The summed E-state index contributed by atoms with van der Waals surface area (Å²) >= 11 is 0. The van der Waals surface area contributed by atoms with Crippen LogP contribution in [0.25, 0.3) is 10.9 Å². The Morgan fingerprint density at radius 1 is 1.29 bits per heavy atom. The molecule has 3 rings (SSSR count). The Kier molecular flexibility index (Phi) is 1.60. The summed E-state index contributed by atoms with van der Waals surface area (Å²) in [6.45, 7) is 2.11. The summed E-state index contributed by atoms with van der Waals surface area (Å²) in [4.78, 5) is 4.45. The monoisotopic (exact) mass is 183 g/mol. The Morgan fingerprint density at radius 2 is 2.14 bits per heavy atom. The molecule has 0 aliphatic heterocycles. The van der Waals surface area contributed by atoms with Gasteiger partial charge in [0, 0.05) is 11.6 Å². The second-order valence-corrected chi connectivity index (χ2v) is 4.20. The first-order chi connectivity index (χ1) is 6.84. The number of rotatable bonds is 1. The van der Waals surface area contributed by atoms with E-state index in [1.807, 2.05) is 6.20 Å². The summed E-state index contributed by atoms with van der Waals surface area (Å²) in [5, 5.41) is 1.36. The summed E-state index contributed by atoms with van der Waals surface area (Å²) in [6.07, 6.45) is 4.65. The highest BCUT2D eigenvalue weighted by atomic mass is 14.6. The average Bonchev–Trinajstić information content (AvgIpc) is 3.00. The van der Waals surface area contributed by atoms with Gasteiger partial charge in [0.15, 0.2) is 0 Å². The maximum atomic E-state index is 4.45. The first-order valence-electron chi connectivity index (χ1n) is 5.20. The second kappa shape index (κ2) is 2.81. The van der Waals surface area contributed by atoms with E-state index in [4.69, 9.17) is 0 Å². The Labute approximate surface area is 83.8 Å². The van der Waals surface area contributed by atoms with Crippen LogP contribution < -0.4 is 0 Å². The van der Waals surface area contributed by atoms with Gasteiger partial charge in [0.25, 0.3) is 0 Å². The average molecular weight is 183 g/mol. The molecule has 0 unspecified atom stereocenters. The van der Waals surface area contributed by atoms with Crippen LogP contribution in [0.4, 0.5) is 0 Å². The van der Waals surface area contributed by atoms with Gasteiger partial charge in [-0.3, -0.25) is 4.98 Å². The van der Waals surface area contributed by atoms with Crippen molar-refractivity contribution in [2.45, 2.75) is 25.7 Å². The zero-order chi connectivity index (χ0) is 9.54. The molecule has 0 amide bonds. The fourth-order valence-corrected chi connectivity index (χ4v) is 2.03. The lowest BCUT2D eigenvalue weighted by molar-refractivity contribution is 1.15. The smallest absolute Gasteiger partial charge is 0.0705 e. The van der Waals surface area contributed by atoms with Crippen molar-refractivity contribution >= 4 is 10.9 Å². The molecule has 70 valence electrons. The maximum absolute atomic E-state index is 4.45. The fourth-order valence-electron chi connectivity index (χ4n) is 2.03. The number of fused-ring (bicyclic) bond motifs is 1. The van der Waals surface area contributed by atoms with Crippen LogP contribution in [0.1, 0.15) is 29.9 Å². The summed E-state index contributed by atoms with van der Waals surface area (Å²) in [5.74, 6) is 0.808. The predicted octanol–water partition coefficient (Wildman–Crippen LogP) is 3.42. The van der Waals surface area contributed by atoms with Gasteiger partial charge in [0.2, 0.25) is 0 Å². The molecule has 1 aliphatic carbocycles. The standard InChI is InChI=1S/C13H13N/c1-9-7-12-11(10-5-6-10)3-2-4-13(12)14-8-9/h2-4,7-8,10H,5-6H2,1H3. The van der Waals surface area contributed by atoms with Crippen molar-refractivity contribution in [2.24, 2.45) is 0 Å². The van der Waals surface area contributed by atoms with Crippen molar-refractivity contribution in [3.05, 3.63) is 41.6 Å². The third-order valence-electron chi connectivity index (χ3n) is 2.91. The van der Waals surface area contributed by atoms with E-state index in [1.54, 1.807) is 0 Å². The Balaban J connectivity index is 2.32. The van der Waals surface area contributed by atoms with Crippen LogP contribution in [0.3, 0.4) is 0 Å². The number of hydrogen-bond acceptors (Lipinski definition) is 1. The minimum Gasteiger partial charge on any atom is -0.256 e.